The van der Waals surface area contributed by atoms with Crippen LogP contribution in [-0.4, -0.2) is 24.7 Å². The van der Waals surface area contributed by atoms with Crippen LogP contribution < -0.4 is 11.1 Å². The highest BCUT2D eigenvalue weighted by Crippen LogP contribution is 2.21. The summed E-state index contributed by atoms with van der Waals surface area (Å²) in [4.78, 5) is 12.9. The van der Waals surface area contributed by atoms with Crippen LogP contribution in [0.3, 0.4) is 0 Å². The topological polar surface area (TPSA) is 55.1 Å². The quantitative estimate of drug-likeness (QED) is 0.603. The lowest BCUT2D eigenvalue weighted by Gasteiger charge is -2.08. The molecule has 3 N–H and O–H groups in total. The maximum Gasteiger partial charge on any atom is 0.251 e. The van der Waals surface area contributed by atoms with Crippen molar-refractivity contribution in [2.24, 2.45) is 5.73 Å². The number of hydrogen-bond acceptors (Lipinski definition) is 3. The summed E-state index contributed by atoms with van der Waals surface area (Å²) in [5.74, 6) is 1.03. The van der Waals surface area contributed by atoms with Gasteiger partial charge in [-0.3, -0.25) is 4.79 Å². The first-order valence-electron chi connectivity index (χ1n) is 5.90. The van der Waals surface area contributed by atoms with E-state index in [9.17, 15) is 4.79 Å². The molecule has 0 heterocycles. The molecular weight excluding hydrogens is 232 g/mol. The van der Waals surface area contributed by atoms with Crippen molar-refractivity contribution in [3.63, 3.8) is 0 Å². The maximum absolute atomic E-state index is 11.7. The fourth-order valence-corrected chi connectivity index (χ4v) is 2.48. The smallest absolute Gasteiger partial charge is 0.251 e. The van der Waals surface area contributed by atoms with Crippen LogP contribution in [0, 0.1) is 6.92 Å². The largest absolute Gasteiger partial charge is 0.352 e. The second kappa shape index (κ2) is 7.35. The van der Waals surface area contributed by atoms with Crippen molar-refractivity contribution in [1.29, 1.82) is 0 Å². The molecule has 0 aliphatic rings. The molecule has 1 amide bonds. The number of aryl methyl sites for hydroxylation is 1. The zero-order valence-electron chi connectivity index (χ0n) is 10.5. The van der Waals surface area contributed by atoms with E-state index < -0.39 is 0 Å². The molecule has 1 aromatic rings. The van der Waals surface area contributed by atoms with Crippen LogP contribution in [0.25, 0.3) is 0 Å². The highest BCUT2D eigenvalue weighted by molar-refractivity contribution is 7.99. The first kappa shape index (κ1) is 14.1. The molecule has 0 radical (unpaired) electrons. The molecule has 0 atom stereocenters. The Bertz CT molecular complexity index is 380. The molecule has 4 heteroatoms. The van der Waals surface area contributed by atoms with Gasteiger partial charge in [-0.05, 0) is 56.3 Å². The summed E-state index contributed by atoms with van der Waals surface area (Å²) in [6.45, 7) is 5.27. The highest BCUT2D eigenvalue weighted by atomic mass is 32.2. The summed E-state index contributed by atoms with van der Waals surface area (Å²) in [6, 6.07) is 5.95. The van der Waals surface area contributed by atoms with Gasteiger partial charge in [0.25, 0.3) is 5.91 Å². The molecule has 0 spiro atoms. The average Bonchev–Trinajstić information content (AvgIpc) is 2.29. The first-order chi connectivity index (χ1) is 8.19. The molecule has 1 aromatic carbocycles. The van der Waals surface area contributed by atoms with Crippen LogP contribution in [0.2, 0.25) is 0 Å². The van der Waals surface area contributed by atoms with E-state index >= 15 is 0 Å². The molecule has 0 fully saturated rings. The Morgan fingerprint density at radius 1 is 1.47 bits per heavy atom. The number of amides is 1. The molecule has 0 saturated heterocycles. The van der Waals surface area contributed by atoms with E-state index in [2.05, 4.69) is 11.4 Å². The van der Waals surface area contributed by atoms with Gasteiger partial charge in [-0.15, -0.1) is 11.8 Å². The van der Waals surface area contributed by atoms with Gasteiger partial charge in [0, 0.05) is 17.0 Å². The predicted molar refractivity (Wildman–Crippen MR) is 73.6 cm³/mol. The van der Waals surface area contributed by atoms with Gasteiger partial charge in [-0.2, -0.15) is 0 Å². The van der Waals surface area contributed by atoms with Gasteiger partial charge in [-0.25, -0.2) is 0 Å². The Morgan fingerprint density at radius 2 is 2.24 bits per heavy atom. The minimum atomic E-state index is 0.00325. The molecule has 0 aromatic heterocycles. The van der Waals surface area contributed by atoms with Gasteiger partial charge in [0.05, 0.1) is 0 Å². The lowest BCUT2D eigenvalue weighted by molar-refractivity contribution is 0.0955. The number of hydrogen-bond donors (Lipinski definition) is 2. The van der Waals surface area contributed by atoms with Crippen LogP contribution in [-0.2, 0) is 0 Å². The lowest BCUT2D eigenvalue weighted by Crippen LogP contribution is -2.23. The van der Waals surface area contributed by atoms with Gasteiger partial charge < -0.3 is 11.1 Å². The van der Waals surface area contributed by atoms with Crippen LogP contribution in [0.1, 0.15) is 29.3 Å². The van der Waals surface area contributed by atoms with Crippen molar-refractivity contribution in [3.8, 4) is 0 Å². The molecule has 0 bridgehead atoms. The van der Waals surface area contributed by atoms with E-state index in [-0.39, 0.29) is 5.91 Å². The van der Waals surface area contributed by atoms with Crippen LogP contribution in [0.5, 0.6) is 0 Å². The molecule has 94 valence electrons. The second-order valence-corrected chi connectivity index (χ2v) is 5.00. The SMILES string of the molecule is CCNC(=O)c1ccc(SCCCN)cc1C. The summed E-state index contributed by atoms with van der Waals surface area (Å²) in [6.07, 6.45) is 1.02. The highest BCUT2D eigenvalue weighted by Gasteiger charge is 2.08. The third-order valence-corrected chi connectivity index (χ3v) is 3.48. The minimum Gasteiger partial charge on any atom is -0.352 e. The maximum atomic E-state index is 11.7. The Morgan fingerprint density at radius 3 is 2.82 bits per heavy atom. The normalized spacial score (nSPS) is 10.3. The van der Waals surface area contributed by atoms with Gasteiger partial charge >= 0.3 is 0 Å². The Labute approximate surface area is 107 Å². The first-order valence-corrected chi connectivity index (χ1v) is 6.89. The third kappa shape index (κ3) is 4.40. The van der Waals surface area contributed by atoms with Crippen molar-refractivity contribution in [1.82, 2.24) is 5.32 Å². The van der Waals surface area contributed by atoms with Gasteiger partial charge in [0.15, 0.2) is 0 Å². The van der Waals surface area contributed by atoms with Crippen LogP contribution in [0.15, 0.2) is 23.1 Å². The minimum absolute atomic E-state index is 0.00325. The number of rotatable bonds is 6. The standard InChI is InChI=1S/C13H20N2OS/c1-3-15-13(16)12-6-5-11(9-10(12)2)17-8-4-7-14/h5-6,9H,3-4,7-8,14H2,1-2H3,(H,15,16). The van der Waals surface area contributed by atoms with Gasteiger partial charge in [0.1, 0.15) is 0 Å². The monoisotopic (exact) mass is 252 g/mol. The fraction of sp³-hybridized carbons (Fsp3) is 0.462. The van der Waals surface area contributed by atoms with Crippen molar-refractivity contribution >= 4 is 17.7 Å². The Kier molecular flexibility index (Phi) is 6.08. The lowest BCUT2D eigenvalue weighted by atomic mass is 10.1. The van der Waals surface area contributed by atoms with Crippen molar-refractivity contribution < 1.29 is 4.79 Å². The predicted octanol–water partition coefficient (Wildman–Crippen LogP) is 2.19. The van der Waals surface area contributed by atoms with E-state index in [1.807, 2.05) is 26.0 Å². The fourth-order valence-electron chi connectivity index (χ4n) is 1.51. The molecule has 0 aliphatic heterocycles. The van der Waals surface area contributed by atoms with E-state index in [0.29, 0.717) is 6.54 Å². The molecule has 3 nitrogen and oxygen atoms in total. The number of nitrogens with two attached hydrogens (primary N) is 1. The van der Waals surface area contributed by atoms with E-state index in [4.69, 9.17) is 5.73 Å². The number of carbonyl (C=O) groups is 1. The van der Waals surface area contributed by atoms with Crippen molar-refractivity contribution in [2.75, 3.05) is 18.8 Å². The summed E-state index contributed by atoms with van der Waals surface area (Å²) in [7, 11) is 0. The molecular formula is C13H20N2OS. The molecule has 0 unspecified atom stereocenters. The molecule has 1 rings (SSSR count). The van der Waals surface area contributed by atoms with Crippen molar-refractivity contribution in [3.05, 3.63) is 29.3 Å². The number of nitrogens with one attached hydrogen (secondary N) is 1. The van der Waals surface area contributed by atoms with E-state index in [1.165, 1.54) is 4.90 Å². The van der Waals surface area contributed by atoms with Gasteiger partial charge in [-0.1, -0.05) is 0 Å². The number of benzene rings is 1. The molecule has 0 aliphatic carbocycles. The third-order valence-electron chi connectivity index (χ3n) is 2.40. The van der Waals surface area contributed by atoms with E-state index in [1.54, 1.807) is 11.8 Å². The zero-order chi connectivity index (χ0) is 12.7. The van der Waals surface area contributed by atoms with E-state index in [0.717, 1.165) is 29.8 Å². The summed E-state index contributed by atoms with van der Waals surface area (Å²) < 4.78 is 0. The van der Waals surface area contributed by atoms with Crippen LogP contribution >= 0.6 is 11.8 Å². The van der Waals surface area contributed by atoms with Crippen LogP contribution in [0.4, 0.5) is 0 Å². The Balaban J connectivity index is 2.68. The zero-order valence-corrected chi connectivity index (χ0v) is 11.3. The average molecular weight is 252 g/mol. The molecule has 0 saturated carbocycles. The van der Waals surface area contributed by atoms with Gasteiger partial charge in [0.2, 0.25) is 0 Å². The Hall–Kier alpha value is -1.00. The molecule has 17 heavy (non-hydrogen) atoms. The summed E-state index contributed by atoms with van der Waals surface area (Å²) >= 11 is 1.78. The second-order valence-electron chi connectivity index (χ2n) is 3.83. The number of carbonyl (C=O) groups excluding carboxylic acids is 1. The van der Waals surface area contributed by atoms with Crippen molar-refractivity contribution in [2.45, 2.75) is 25.2 Å². The number of thioether (sulfide) groups is 1. The summed E-state index contributed by atoms with van der Waals surface area (Å²) in [5, 5.41) is 2.81. The summed E-state index contributed by atoms with van der Waals surface area (Å²) in [5.41, 5.74) is 7.23.